The zero-order valence-corrected chi connectivity index (χ0v) is 23.8. The second kappa shape index (κ2) is 15.6. The molecule has 2 heterocycles. The molecule has 4 atom stereocenters. The van der Waals surface area contributed by atoms with Gasteiger partial charge in [0.25, 0.3) is 0 Å². The highest BCUT2D eigenvalue weighted by molar-refractivity contribution is 5.61. The van der Waals surface area contributed by atoms with Gasteiger partial charge in [0.15, 0.2) is 0 Å². The molecule has 0 spiro atoms. The lowest BCUT2D eigenvalue weighted by atomic mass is 9.87. The Labute approximate surface area is 233 Å². The first-order valence-corrected chi connectivity index (χ1v) is 14.3. The van der Waals surface area contributed by atoms with Crippen molar-refractivity contribution >= 4 is 5.69 Å². The van der Waals surface area contributed by atoms with Crippen molar-refractivity contribution in [1.29, 1.82) is 0 Å². The molecule has 1 fully saturated rings. The average Bonchev–Trinajstić information content (AvgIpc) is 2.96. The van der Waals surface area contributed by atoms with Crippen LogP contribution in [0.15, 0.2) is 42.5 Å². The summed E-state index contributed by atoms with van der Waals surface area (Å²) < 4.78 is 28.9. The van der Waals surface area contributed by atoms with Crippen LogP contribution < -0.4 is 15.0 Å². The van der Waals surface area contributed by atoms with E-state index in [1.165, 1.54) is 0 Å². The summed E-state index contributed by atoms with van der Waals surface area (Å²) in [5.41, 5.74) is 4.47. The maximum absolute atomic E-state index is 10.9. The third-order valence-electron chi connectivity index (χ3n) is 7.38. The summed E-state index contributed by atoms with van der Waals surface area (Å²) in [6, 6.07) is 14.8. The quantitative estimate of drug-likeness (QED) is 0.330. The molecule has 2 aromatic rings. The second-order valence-corrected chi connectivity index (χ2v) is 10.6. The van der Waals surface area contributed by atoms with Gasteiger partial charge in [-0.2, -0.15) is 0 Å². The summed E-state index contributed by atoms with van der Waals surface area (Å²) in [5.74, 6) is 1.34. The summed E-state index contributed by atoms with van der Waals surface area (Å²) in [4.78, 5) is 2.36. The Morgan fingerprint density at radius 1 is 1.05 bits per heavy atom. The van der Waals surface area contributed by atoms with Gasteiger partial charge in [0, 0.05) is 51.8 Å². The standard InChI is InChI=1S/C31H46N2O6/c1-4-36-19-23(2)20-37-21-24-6-9-26(10-7-24)27-17-32-18-29(34)31(27)39-22-25-8-11-30-28(16-25)33(13-15-38-30)12-5-14-35-3/h6-11,16,23,27,29,31-32,34H,4-5,12-15,17-22H2,1-3H3/t23-,27-,29-,31-/m0/s1. The minimum absolute atomic E-state index is 0.0569. The second-order valence-electron chi connectivity index (χ2n) is 10.6. The minimum atomic E-state index is -0.579. The Bertz CT molecular complexity index is 988. The predicted octanol–water partition coefficient (Wildman–Crippen LogP) is 3.74. The van der Waals surface area contributed by atoms with Crippen LogP contribution in [0, 0.1) is 5.92 Å². The van der Waals surface area contributed by atoms with E-state index in [0.29, 0.717) is 38.9 Å². The molecule has 39 heavy (non-hydrogen) atoms. The normalized spacial score (nSPS) is 21.8. The predicted molar refractivity (Wildman–Crippen MR) is 153 cm³/mol. The van der Waals surface area contributed by atoms with Gasteiger partial charge < -0.3 is 39.0 Å². The van der Waals surface area contributed by atoms with Crippen LogP contribution in [-0.4, -0.2) is 83.6 Å². The van der Waals surface area contributed by atoms with E-state index in [1.807, 2.05) is 13.0 Å². The van der Waals surface area contributed by atoms with Crippen LogP contribution in [-0.2, 0) is 32.2 Å². The van der Waals surface area contributed by atoms with Gasteiger partial charge in [-0.3, -0.25) is 0 Å². The first-order chi connectivity index (χ1) is 19.1. The summed E-state index contributed by atoms with van der Waals surface area (Å²) >= 11 is 0. The Kier molecular flexibility index (Phi) is 11.9. The van der Waals surface area contributed by atoms with E-state index in [9.17, 15) is 5.11 Å². The van der Waals surface area contributed by atoms with Crippen molar-refractivity contribution in [2.75, 3.05) is 71.2 Å². The van der Waals surface area contributed by atoms with Gasteiger partial charge in [-0.05, 0) is 42.2 Å². The molecule has 0 bridgehead atoms. The summed E-state index contributed by atoms with van der Waals surface area (Å²) in [5, 5.41) is 14.2. The van der Waals surface area contributed by atoms with Crippen LogP contribution in [0.3, 0.4) is 0 Å². The fraction of sp³-hybridized carbons (Fsp3) is 0.613. The van der Waals surface area contributed by atoms with Crippen LogP contribution in [0.1, 0.15) is 42.9 Å². The molecule has 216 valence electrons. The van der Waals surface area contributed by atoms with Crippen molar-refractivity contribution in [3.63, 3.8) is 0 Å². The van der Waals surface area contributed by atoms with Crippen molar-refractivity contribution in [3.8, 4) is 5.75 Å². The number of hydrogen-bond acceptors (Lipinski definition) is 8. The molecule has 0 unspecified atom stereocenters. The van der Waals surface area contributed by atoms with E-state index in [-0.39, 0.29) is 12.0 Å². The summed E-state index contributed by atoms with van der Waals surface area (Å²) in [7, 11) is 1.74. The topological polar surface area (TPSA) is 81.7 Å². The van der Waals surface area contributed by atoms with Crippen LogP contribution in [0.25, 0.3) is 0 Å². The Morgan fingerprint density at radius 2 is 1.85 bits per heavy atom. The van der Waals surface area contributed by atoms with Crippen molar-refractivity contribution in [3.05, 3.63) is 59.2 Å². The molecule has 0 aromatic heterocycles. The number of methoxy groups -OCH3 is 1. The number of fused-ring (bicyclic) bond motifs is 1. The molecule has 1 saturated heterocycles. The highest BCUT2D eigenvalue weighted by Crippen LogP contribution is 2.34. The number of piperidine rings is 1. The van der Waals surface area contributed by atoms with E-state index in [4.69, 9.17) is 23.7 Å². The molecule has 2 N–H and O–H groups in total. The first-order valence-electron chi connectivity index (χ1n) is 14.3. The maximum atomic E-state index is 10.9. The molecular weight excluding hydrogens is 496 g/mol. The van der Waals surface area contributed by atoms with Crippen molar-refractivity contribution < 1.29 is 28.8 Å². The van der Waals surface area contributed by atoms with Gasteiger partial charge in [-0.15, -0.1) is 0 Å². The molecule has 0 aliphatic carbocycles. The zero-order chi connectivity index (χ0) is 27.5. The van der Waals surface area contributed by atoms with Gasteiger partial charge >= 0.3 is 0 Å². The van der Waals surface area contributed by atoms with E-state index >= 15 is 0 Å². The van der Waals surface area contributed by atoms with Gasteiger partial charge in [-0.1, -0.05) is 37.3 Å². The molecule has 2 aliphatic heterocycles. The van der Waals surface area contributed by atoms with Crippen LogP contribution in [0.5, 0.6) is 5.75 Å². The third kappa shape index (κ3) is 8.64. The third-order valence-corrected chi connectivity index (χ3v) is 7.38. The number of benzene rings is 2. The molecular formula is C31H46N2O6. The molecule has 8 heteroatoms. The summed E-state index contributed by atoms with van der Waals surface area (Å²) in [6.45, 7) is 11.8. The number of hydrogen-bond donors (Lipinski definition) is 2. The number of nitrogens with one attached hydrogen (secondary N) is 1. The lowest BCUT2D eigenvalue weighted by Crippen LogP contribution is -2.50. The molecule has 0 radical (unpaired) electrons. The fourth-order valence-corrected chi connectivity index (χ4v) is 5.26. The number of nitrogens with zero attached hydrogens (tertiary/aromatic N) is 1. The lowest BCUT2D eigenvalue weighted by Gasteiger charge is -2.36. The molecule has 2 aromatic carbocycles. The number of aliphatic hydroxyl groups excluding tert-OH is 1. The largest absolute Gasteiger partial charge is 0.490 e. The van der Waals surface area contributed by atoms with Gasteiger partial charge in [-0.25, -0.2) is 0 Å². The molecule has 8 nitrogen and oxygen atoms in total. The van der Waals surface area contributed by atoms with E-state index < -0.39 is 6.10 Å². The highest BCUT2D eigenvalue weighted by Gasteiger charge is 2.34. The SMILES string of the molecule is CCOC[C@H](C)COCc1ccc([C@@H]2CNC[C@H](O)[C@H]2OCc2ccc3c(c2)N(CCCOC)CCO3)cc1. The van der Waals surface area contributed by atoms with Crippen LogP contribution in [0.2, 0.25) is 0 Å². The number of anilines is 1. The van der Waals surface area contributed by atoms with Gasteiger partial charge in [0.05, 0.1) is 50.9 Å². The van der Waals surface area contributed by atoms with E-state index in [2.05, 4.69) is 53.5 Å². The Hall–Kier alpha value is -2.20. The lowest BCUT2D eigenvalue weighted by molar-refractivity contribution is -0.0711. The molecule has 4 rings (SSSR count). The Morgan fingerprint density at radius 3 is 2.64 bits per heavy atom. The fourth-order valence-electron chi connectivity index (χ4n) is 5.26. The number of aliphatic hydroxyl groups is 1. The van der Waals surface area contributed by atoms with Crippen LogP contribution >= 0.6 is 0 Å². The number of ether oxygens (including phenoxy) is 5. The van der Waals surface area contributed by atoms with Gasteiger partial charge in [0.2, 0.25) is 0 Å². The first kappa shape index (κ1) is 29.8. The van der Waals surface area contributed by atoms with Crippen molar-refractivity contribution in [2.24, 2.45) is 5.92 Å². The van der Waals surface area contributed by atoms with Gasteiger partial charge in [0.1, 0.15) is 12.4 Å². The zero-order valence-electron chi connectivity index (χ0n) is 23.8. The number of β-amino-alcohol motifs (C(OH)–C–C–N with tert-alkyl or cyclic N) is 1. The maximum Gasteiger partial charge on any atom is 0.142 e. The monoisotopic (exact) mass is 542 g/mol. The summed E-state index contributed by atoms with van der Waals surface area (Å²) in [6.07, 6.45) is 0.0975. The molecule has 0 saturated carbocycles. The van der Waals surface area contributed by atoms with Crippen molar-refractivity contribution in [1.82, 2.24) is 5.32 Å². The minimum Gasteiger partial charge on any atom is -0.490 e. The van der Waals surface area contributed by atoms with Crippen molar-refractivity contribution in [2.45, 2.75) is 51.6 Å². The Balaban J connectivity index is 1.35. The molecule has 2 aliphatic rings. The van der Waals surface area contributed by atoms with E-state index in [0.717, 1.165) is 74.0 Å². The number of rotatable bonds is 15. The molecule has 0 amide bonds. The smallest absolute Gasteiger partial charge is 0.142 e. The highest BCUT2D eigenvalue weighted by atomic mass is 16.5. The average molecular weight is 543 g/mol. The van der Waals surface area contributed by atoms with E-state index in [1.54, 1.807) is 7.11 Å². The van der Waals surface area contributed by atoms with Crippen LogP contribution in [0.4, 0.5) is 5.69 Å².